The van der Waals surface area contributed by atoms with E-state index in [-0.39, 0.29) is 5.41 Å². The maximum absolute atomic E-state index is 6.46. The maximum Gasteiger partial charge on any atom is 0.165 e. The lowest BCUT2D eigenvalue weighted by atomic mass is 9.56. The lowest BCUT2D eigenvalue weighted by Gasteiger charge is -2.49. The van der Waals surface area contributed by atoms with Gasteiger partial charge in [-0.05, 0) is 68.5 Å². The Morgan fingerprint density at radius 1 is 1.26 bits per heavy atom. The number of hydrogen-bond donors (Lipinski definition) is 1. The van der Waals surface area contributed by atoms with Gasteiger partial charge in [0.25, 0.3) is 0 Å². The highest BCUT2D eigenvalue weighted by Crippen LogP contribution is 2.60. The summed E-state index contributed by atoms with van der Waals surface area (Å²) in [4.78, 5) is 0. The molecule has 1 aromatic rings. The van der Waals surface area contributed by atoms with E-state index in [9.17, 15) is 0 Å². The molecule has 4 atom stereocenters. The van der Waals surface area contributed by atoms with Gasteiger partial charge in [-0.15, -0.1) is 0 Å². The SMILES string of the molecule is COc1ccc2c3c1O[C@@H]1CCC[C@H]([C@@H](NCC4CC4)C2)[C@]31C. The standard InChI is InChI=1S/C20H27NO2/c1-20-14-4-3-5-17(20)23-19-16(22-2)9-8-13(18(19)20)10-15(14)21-11-12-6-7-12/h8-9,12,14-15,17,21H,3-7,10-11H2,1-2H3/t14-,15+,17-,20+/m1/s1. The molecule has 1 heterocycles. The second kappa shape index (κ2) is 4.89. The van der Waals surface area contributed by atoms with Crippen molar-refractivity contribution in [3.8, 4) is 11.5 Å². The Morgan fingerprint density at radius 2 is 2.13 bits per heavy atom. The van der Waals surface area contributed by atoms with E-state index in [1.165, 1.54) is 49.8 Å². The summed E-state index contributed by atoms with van der Waals surface area (Å²) < 4.78 is 12.1. The van der Waals surface area contributed by atoms with Crippen molar-refractivity contribution in [2.24, 2.45) is 11.8 Å². The van der Waals surface area contributed by atoms with Crippen molar-refractivity contribution in [3.63, 3.8) is 0 Å². The van der Waals surface area contributed by atoms with Gasteiger partial charge >= 0.3 is 0 Å². The van der Waals surface area contributed by atoms with Crippen LogP contribution in [-0.2, 0) is 11.8 Å². The molecule has 1 aliphatic heterocycles. The Bertz CT molecular complexity index is 639. The molecule has 124 valence electrons. The number of benzene rings is 1. The van der Waals surface area contributed by atoms with Crippen molar-refractivity contribution in [2.45, 2.75) is 63.0 Å². The Hall–Kier alpha value is -1.22. The Morgan fingerprint density at radius 3 is 2.91 bits per heavy atom. The molecular weight excluding hydrogens is 286 g/mol. The predicted molar refractivity (Wildman–Crippen MR) is 90.3 cm³/mol. The summed E-state index contributed by atoms with van der Waals surface area (Å²) in [5, 5.41) is 3.93. The van der Waals surface area contributed by atoms with Gasteiger partial charge in [0, 0.05) is 17.0 Å². The monoisotopic (exact) mass is 313 g/mol. The summed E-state index contributed by atoms with van der Waals surface area (Å²) in [5.41, 5.74) is 3.12. The van der Waals surface area contributed by atoms with Crippen molar-refractivity contribution < 1.29 is 9.47 Å². The molecule has 2 fully saturated rings. The summed E-state index contributed by atoms with van der Waals surface area (Å²) >= 11 is 0. The lowest BCUT2D eigenvalue weighted by molar-refractivity contribution is 0.0393. The number of rotatable bonds is 4. The lowest BCUT2D eigenvalue weighted by Crippen LogP contribution is -2.57. The molecule has 3 heteroatoms. The second-order valence-corrected chi connectivity index (χ2v) is 8.22. The highest BCUT2D eigenvalue weighted by Gasteiger charge is 2.58. The van der Waals surface area contributed by atoms with Gasteiger partial charge in [-0.3, -0.25) is 0 Å². The van der Waals surface area contributed by atoms with Crippen LogP contribution in [-0.4, -0.2) is 25.8 Å². The summed E-state index contributed by atoms with van der Waals surface area (Å²) in [5.74, 6) is 3.60. The van der Waals surface area contributed by atoms with Crippen molar-refractivity contribution in [1.29, 1.82) is 0 Å². The van der Waals surface area contributed by atoms with Gasteiger partial charge < -0.3 is 14.8 Å². The zero-order valence-electron chi connectivity index (χ0n) is 14.2. The average Bonchev–Trinajstić information content (AvgIpc) is 3.32. The van der Waals surface area contributed by atoms with Gasteiger partial charge in [-0.1, -0.05) is 13.0 Å². The zero-order chi connectivity index (χ0) is 15.6. The Balaban J connectivity index is 1.58. The number of methoxy groups -OCH3 is 1. The van der Waals surface area contributed by atoms with Crippen LogP contribution >= 0.6 is 0 Å². The fourth-order valence-corrected chi connectivity index (χ4v) is 5.53. The predicted octanol–water partition coefficient (Wildman–Crippen LogP) is 3.44. The van der Waals surface area contributed by atoms with Crippen LogP contribution in [0.15, 0.2) is 12.1 Å². The van der Waals surface area contributed by atoms with Gasteiger partial charge in [0.15, 0.2) is 11.5 Å². The first-order valence-electron chi connectivity index (χ1n) is 9.32. The second-order valence-electron chi connectivity index (χ2n) is 8.22. The van der Waals surface area contributed by atoms with Gasteiger partial charge in [-0.25, -0.2) is 0 Å². The van der Waals surface area contributed by atoms with Crippen LogP contribution in [0.4, 0.5) is 0 Å². The van der Waals surface area contributed by atoms with Crippen LogP contribution in [0.5, 0.6) is 11.5 Å². The van der Waals surface area contributed by atoms with Crippen molar-refractivity contribution in [2.75, 3.05) is 13.7 Å². The molecule has 1 N–H and O–H groups in total. The van der Waals surface area contributed by atoms with E-state index < -0.39 is 0 Å². The summed E-state index contributed by atoms with van der Waals surface area (Å²) in [6.07, 6.45) is 8.12. The van der Waals surface area contributed by atoms with E-state index in [0.29, 0.717) is 18.1 Å². The fraction of sp³-hybridized carbons (Fsp3) is 0.700. The Labute approximate surface area is 138 Å². The molecule has 1 aromatic carbocycles. The molecule has 3 nitrogen and oxygen atoms in total. The first-order chi connectivity index (χ1) is 11.2. The highest BCUT2D eigenvalue weighted by atomic mass is 16.5. The first-order valence-corrected chi connectivity index (χ1v) is 9.32. The topological polar surface area (TPSA) is 30.5 Å². The molecule has 5 rings (SSSR count). The van der Waals surface area contributed by atoms with Crippen LogP contribution in [0.3, 0.4) is 0 Å². The quantitative estimate of drug-likeness (QED) is 0.923. The van der Waals surface area contributed by atoms with Crippen molar-refractivity contribution >= 4 is 0 Å². The zero-order valence-corrected chi connectivity index (χ0v) is 14.2. The van der Waals surface area contributed by atoms with Crippen molar-refractivity contribution in [3.05, 3.63) is 23.3 Å². The molecule has 0 radical (unpaired) electrons. The third kappa shape index (κ3) is 1.92. The molecule has 23 heavy (non-hydrogen) atoms. The van der Waals surface area contributed by atoms with Crippen LogP contribution in [0.25, 0.3) is 0 Å². The van der Waals surface area contributed by atoms with Gasteiger partial charge in [0.2, 0.25) is 0 Å². The minimum atomic E-state index is 0.164. The smallest absolute Gasteiger partial charge is 0.165 e. The normalized spacial score (nSPS) is 37.2. The number of nitrogens with one attached hydrogen (secondary N) is 1. The molecular formula is C20H27NO2. The fourth-order valence-electron chi connectivity index (χ4n) is 5.53. The van der Waals surface area contributed by atoms with E-state index in [4.69, 9.17) is 9.47 Å². The van der Waals surface area contributed by atoms with E-state index in [1.54, 1.807) is 7.11 Å². The van der Waals surface area contributed by atoms with Crippen molar-refractivity contribution in [1.82, 2.24) is 5.32 Å². The molecule has 0 aromatic heterocycles. The Kier molecular flexibility index (Phi) is 3.01. The van der Waals surface area contributed by atoms with E-state index in [1.807, 2.05) is 0 Å². The van der Waals surface area contributed by atoms with Crippen LogP contribution < -0.4 is 14.8 Å². The number of ether oxygens (including phenoxy) is 2. The van der Waals surface area contributed by atoms with E-state index >= 15 is 0 Å². The summed E-state index contributed by atoms with van der Waals surface area (Å²) in [7, 11) is 1.76. The molecule has 2 saturated carbocycles. The van der Waals surface area contributed by atoms with Crippen LogP contribution in [0.1, 0.15) is 50.2 Å². The van der Waals surface area contributed by atoms with Gasteiger partial charge in [0.05, 0.1) is 7.11 Å². The minimum absolute atomic E-state index is 0.164. The molecule has 4 aliphatic rings. The van der Waals surface area contributed by atoms with E-state index in [0.717, 1.165) is 23.8 Å². The van der Waals surface area contributed by atoms with Crippen LogP contribution in [0.2, 0.25) is 0 Å². The minimum Gasteiger partial charge on any atom is -0.493 e. The first kappa shape index (κ1) is 14.2. The summed E-state index contributed by atoms with van der Waals surface area (Å²) in [6, 6.07) is 5.00. The van der Waals surface area contributed by atoms with Gasteiger partial charge in [0.1, 0.15) is 6.10 Å². The highest BCUT2D eigenvalue weighted by molar-refractivity contribution is 5.60. The van der Waals surface area contributed by atoms with E-state index in [2.05, 4.69) is 24.4 Å². The van der Waals surface area contributed by atoms with Gasteiger partial charge in [-0.2, -0.15) is 0 Å². The molecule has 0 unspecified atom stereocenters. The van der Waals surface area contributed by atoms with Crippen LogP contribution in [0, 0.1) is 11.8 Å². The maximum atomic E-state index is 6.46. The molecule has 0 spiro atoms. The third-order valence-electron chi connectivity index (χ3n) is 6.94. The largest absolute Gasteiger partial charge is 0.493 e. The third-order valence-corrected chi connectivity index (χ3v) is 6.94. The number of hydrogen-bond acceptors (Lipinski definition) is 3. The molecule has 0 amide bonds. The summed E-state index contributed by atoms with van der Waals surface area (Å²) in [6.45, 7) is 3.67. The molecule has 0 saturated heterocycles. The molecule has 0 bridgehead atoms. The molecule has 3 aliphatic carbocycles. The average molecular weight is 313 g/mol.